The maximum atomic E-state index is 12.6. The smallest absolute Gasteiger partial charge is 0.342 e. The molecule has 0 radical (unpaired) electrons. The first-order valence-corrected chi connectivity index (χ1v) is 10.1. The molecule has 2 aromatic carbocycles. The van der Waals surface area contributed by atoms with Crippen molar-refractivity contribution in [3.63, 3.8) is 0 Å². The van der Waals surface area contributed by atoms with E-state index in [1.54, 1.807) is 56.9 Å². The van der Waals surface area contributed by atoms with Gasteiger partial charge in [0.2, 0.25) is 0 Å². The number of nitrogens with one attached hydrogen (secondary N) is 1. The summed E-state index contributed by atoms with van der Waals surface area (Å²) in [6, 6.07) is 16.3. The first-order valence-electron chi connectivity index (χ1n) is 10.1. The van der Waals surface area contributed by atoms with E-state index >= 15 is 0 Å². The van der Waals surface area contributed by atoms with E-state index < -0.39 is 18.5 Å². The Balaban J connectivity index is 1.58. The molecule has 1 aromatic heterocycles. The van der Waals surface area contributed by atoms with Gasteiger partial charge in [-0.2, -0.15) is 5.10 Å². The van der Waals surface area contributed by atoms with Gasteiger partial charge in [0.15, 0.2) is 6.61 Å². The standard InChI is InChI=1S/C24H26N4O4/c1-16-22(17(2)28(26-16)14-18-8-6-5-7-9-18)24(31)32-15-21(29)25-20-12-10-19(11-13-20)23(30)27(3)4/h5-13H,14-15H2,1-4H3,(H,25,29). The van der Waals surface area contributed by atoms with Crippen LogP contribution >= 0.6 is 0 Å². The quantitative estimate of drug-likeness (QED) is 0.577. The summed E-state index contributed by atoms with van der Waals surface area (Å²) >= 11 is 0. The first kappa shape index (κ1) is 22.7. The average Bonchev–Trinajstić information content (AvgIpc) is 3.05. The summed E-state index contributed by atoms with van der Waals surface area (Å²) in [6.07, 6.45) is 0. The van der Waals surface area contributed by atoms with Crippen molar-refractivity contribution in [2.75, 3.05) is 26.0 Å². The summed E-state index contributed by atoms with van der Waals surface area (Å²) in [4.78, 5) is 38.2. The summed E-state index contributed by atoms with van der Waals surface area (Å²) in [5.41, 5.74) is 3.67. The van der Waals surface area contributed by atoms with Crippen molar-refractivity contribution >= 4 is 23.5 Å². The Labute approximate surface area is 186 Å². The van der Waals surface area contributed by atoms with Crippen molar-refractivity contribution in [1.82, 2.24) is 14.7 Å². The number of hydrogen-bond donors (Lipinski definition) is 1. The number of aryl methyl sites for hydroxylation is 1. The maximum Gasteiger partial charge on any atom is 0.342 e. The highest BCUT2D eigenvalue weighted by Gasteiger charge is 2.21. The van der Waals surface area contributed by atoms with E-state index in [4.69, 9.17) is 4.74 Å². The molecular weight excluding hydrogens is 408 g/mol. The number of esters is 1. The molecule has 3 aromatic rings. The Hall–Kier alpha value is -3.94. The number of ether oxygens (including phenoxy) is 1. The van der Waals surface area contributed by atoms with Crippen molar-refractivity contribution < 1.29 is 19.1 Å². The molecule has 8 nitrogen and oxygen atoms in total. The summed E-state index contributed by atoms with van der Waals surface area (Å²) in [6.45, 7) is 3.64. The molecule has 0 atom stereocenters. The number of nitrogens with zero attached hydrogens (tertiary/aromatic N) is 3. The third kappa shape index (κ3) is 5.40. The van der Waals surface area contributed by atoms with E-state index in [1.807, 2.05) is 30.3 Å². The van der Waals surface area contributed by atoms with Gasteiger partial charge in [0.25, 0.3) is 11.8 Å². The molecule has 0 aliphatic rings. The third-order valence-electron chi connectivity index (χ3n) is 4.92. The van der Waals surface area contributed by atoms with E-state index in [0.29, 0.717) is 34.7 Å². The van der Waals surface area contributed by atoms with Crippen LogP contribution in [0.15, 0.2) is 54.6 Å². The minimum atomic E-state index is -0.596. The van der Waals surface area contributed by atoms with Crippen LogP contribution < -0.4 is 5.32 Å². The Morgan fingerprint density at radius 1 is 1.00 bits per heavy atom. The van der Waals surface area contributed by atoms with Crippen LogP contribution in [0.1, 0.15) is 37.7 Å². The Morgan fingerprint density at radius 3 is 2.28 bits per heavy atom. The van der Waals surface area contributed by atoms with Crippen molar-refractivity contribution in [3.05, 3.63) is 82.7 Å². The SMILES string of the molecule is Cc1nn(Cc2ccccc2)c(C)c1C(=O)OCC(=O)Nc1ccc(C(=O)N(C)C)cc1. The van der Waals surface area contributed by atoms with Gasteiger partial charge in [0.05, 0.1) is 17.9 Å². The zero-order valence-corrected chi connectivity index (χ0v) is 18.6. The minimum absolute atomic E-state index is 0.129. The van der Waals surface area contributed by atoms with E-state index in [0.717, 1.165) is 5.56 Å². The van der Waals surface area contributed by atoms with Crippen LogP contribution in [0.25, 0.3) is 0 Å². The summed E-state index contributed by atoms with van der Waals surface area (Å²) in [5.74, 6) is -1.20. The highest BCUT2D eigenvalue weighted by atomic mass is 16.5. The Morgan fingerprint density at radius 2 is 1.66 bits per heavy atom. The number of rotatable bonds is 7. The molecule has 0 aliphatic carbocycles. The highest BCUT2D eigenvalue weighted by molar-refractivity contribution is 5.97. The van der Waals surface area contributed by atoms with Gasteiger partial charge in [-0.3, -0.25) is 14.3 Å². The number of carbonyl (C=O) groups excluding carboxylic acids is 3. The molecule has 1 heterocycles. The van der Waals surface area contributed by atoms with Crippen LogP contribution in [-0.4, -0.2) is 53.2 Å². The predicted molar refractivity (Wildman–Crippen MR) is 121 cm³/mol. The van der Waals surface area contributed by atoms with Gasteiger partial charge < -0.3 is 15.0 Å². The molecule has 8 heteroatoms. The van der Waals surface area contributed by atoms with Gasteiger partial charge in [0.1, 0.15) is 5.56 Å². The number of hydrogen-bond acceptors (Lipinski definition) is 5. The van der Waals surface area contributed by atoms with Crippen molar-refractivity contribution in [2.24, 2.45) is 0 Å². The van der Waals surface area contributed by atoms with Gasteiger partial charge in [-0.1, -0.05) is 30.3 Å². The maximum absolute atomic E-state index is 12.6. The summed E-state index contributed by atoms with van der Waals surface area (Å²) < 4.78 is 6.96. The Bertz CT molecular complexity index is 1120. The Kier molecular flexibility index (Phi) is 7.04. The van der Waals surface area contributed by atoms with Gasteiger partial charge in [-0.25, -0.2) is 4.79 Å². The second-order valence-electron chi connectivity index (χ2n) is 7.59. The second kappa shape index (κ2) is 9.91. The molecule has 1 N–H and O–H groups in total. The molecule has 0 bridgehead atoms. The lowest BCUT2D eigenvalue weighted by Gasteiger charge is -2.11. The molecule has 3 rings (SSSR count). The number of anilines is 1. The number of carbonyl (C=O) groups is 3. The van der Waals surface area contributed by atoms with E-state index in [-0.39, 0.29) is 5.91 Å². The third-order valence-corrected chi connectivity index (χ3v) is 4.92. The normalized spacial score (nSPS) is 10.5. The minimum Gasteiger partial charge on any atom is -0.452 e. The van der Waals surface area contributed by atoms with Crippen LogP contribution in [0.3, 0.4) is 0 Å². The first-order chi connectivity index (χ1) is 15.3. The van der Waals surface area contributed by atoms with E-state index in [1.165, 1.54) is 4.90 Å². The fraction of sp³-hybridized carbons (Fsp3) is 0.250. The van der Waals surface area contributed by atoms with Crippen LogP contribution in [0, 0.1) is 13.8 Å². The van der Waals surface area contributed by atoms with Crippen molar-refractivity contribution in [1.29, 1.82) is 0 Å². The fourth-order valence-electron chi connectivity index (χ4n) is 3.26. The second-order valence-corrected chi connectivity index (χ2v) is 7.59. The molecule has 0 aliphatic heterocycles. The molecule has 32 heavy (non-hydrogen) atoms. The molecule has 0 spiro atoms. The lowest BCUT2D eigenvalue weighted by atomic mass is 10.2. The molecule has 0 fully saturated rings. The zero-order valence-electron chi connectivity index (χ0n) is 18.6. The molecular formula is C24H26N4O4. The van der Waals surface area contributed by atoms with Crippen LogP contribution in [0.5, 0.6) is 0 Å². The lowest BCUT2D eigenvalue weighted by Crippen LogP contribution is -2.22. The predicted octanol–water partition coefficient (Wildman–Crippen LogP) is 3.05. The molecule has 0 unspecified atom stereocenters. The monoisotopic (exact) mass is 434 g/mol. The van der Waals surface area contributed by atoms with Crippen LogP contribution in [0.4, 0.5) is 5.69 Å². The van der Waals surface area contributed by atoms with Gasteiger partial charge >= 0.3 is 5.97 Å². The van der Waals surface area contributed by atoms with Gasteiger partial charge in [0, 0.05) is 25.3 Å². The summed E-state index contributed by atoms with van der Waals surface area (Å²) in [7, 11) is 3.34. The average molecular weight is 434 g/mol. The van der Waals surface area contributed by atoms with E-state index in [2.05, 4.69) is 10.4 Å². The molecule has 166 valence electrons. The largest absolute Gasteiger partial charge is 0.452 e. The zero-order chi connectivity index (χ0) is 23.3. The van der Waals surface area contributed by atoms with Crippen LogP contribution in [-0.2, 0) is 16.1 Å². The highest BCUT2D eigenvalue weighted by Crippen LogP contribution is 2.16. The van der Waals surface area contributed by atoms with Crippen LogP contribution in [0.2, 0.25) is 0 Å². The number of amides is 2. The fourth-order valence-corrected chi connectivity index (χ4v) is 3.26. The molecule has 2 amide bonds. The topological polar surface area (TPSA) is 93.5 Å². The number of benzene rings is 2. The summed E-state index contributed by atoms with van der Waals surface area (Å²) in [5, 5.41) is 7.09. The van der Waals surface area contributed by atoms with E-state index in [9.17, 15) is 14.4 Å². The van der Waals surface area contributed by atoms with Gasteiger partial charge in [-0.05, 0) is 43.7 Å². The lowest BCUT2D eigenvalue weighted by molar-refractivity contribution is -0.119. The van der Waals surface area contributed by atoms with Gasteiger partial charge in [-0.15, -0.1) is 0 Å². The van der Waals surface area contributed by atoms with Crippen molar-refractivity contribution in [2.45, 2.75) is 20.4 Å². The number of aromatic nitrogens is 2. The van der Waals surface area contributed by atoms with Crippen molar-refractivity contribution in [3.8, 4) is 0 Å². The molecule has 0 saturated heterocycles. The molecule has 0 saturated carbocycles.